The zero-order valence-electron chi connectivity index (χ0n) is 7.20. The molecule has 0 fully saturated rings. The van der Waals surface area contributed by atoms with Crippen molar-refractivity contribution in [2.75, 3.05) is 6.54 Å². The van der Waals surface area contributed by atoms with Crippen molar-refractivity contribution in [3.8, 4) is 0 Å². The van der Waals surface area contributed by atoms with E-state index in [0.29, 0.717) is 5.92 Å². The van der Waals surface area contributed by atoms with Gasteiger partial charge in [0.15, 0.2) is 0 Å². The fourth-order valence-electron chi connectivity index (χ4n) is 0.502. The molecule has 0 aliphatic rings. The summed E-state index contributed by atoms with van der Waals surface area (Å²) in [6.07, 6.45) is 0. The third-order valence-corrected chi connectivity index (χ3v) is 1.55. The molecule has 1 N–H and O–H groups in total. The van der Waals surface area contributed by atoms with Crippen LogP contribution in [0.2, 0.25) is 0 Å². The van der Waals surface area contributed by atoms with E-state index in [1.54, 1.807) is 0 Å². The van der Waals surface area contributed by atoms with Gasteiger partial charge in [0.05, 0.1) is 0 Å². The van der Waals surface area contributed by atoms with Gasteiger partial charge in [0.1, 0.15) is 0 Å². The first-order valence-corrected chi connectivity index (χ1v) is 3.58. The molecular formula is C9H17N. The number of rotatable bonds is 4. The molecule has 58 valence electrons. The first-order chi connectivity index (χ1) is 4.54. The lowest BCUT2D eigenvalue weighted by molar-refractivity contribution is 0.623. The number of allylic oxidation sites excluding steroid dienone is 1. The minimum absolute atomic E-state index is 0.539. The van der Waals surface area contributed by atoms with E-state index in [-0.39, 0.29) is 0 Å². The number of hydrogen-bond acceptors (Lipinski definition) is 1. The first-order valence-electron chi connectivity index (χ1n) is 3.58. The first kappa shape index (κ1) is 9.28. The highest BCUT2D eigenvalue weighted by Gasteiger charge is 1.99. The molecule has 0 spiro atoms. The van der Waals surface area contributed by atoms with Crippen molar-refractivity contribution in [2.45, 2.75) is 20.8 Å². The normalized spacial score (nSPS) is 12.3. The van der Waals surface area contributed by atoms with Crippen LogP contribution in [0.3, 0.4) is 0 Å². The van der Waals surface area contributed by atoms with Crippen LogP contribution in [0, 0.1) is 5.92 Å². The second kappa shape index (κ2) is 4.15. The largest absolute Gasteiger partial charge is 0.388 e. The molecule has 0 aromatic heterocycles. The molecule has 0 heterocycles. The molecule has 0 aromatic carbocycles. The quantitative estimate of drug-likeness (QED) is 0.589. The Morgan fingerprint density at radius 2 is 1.90 bits per heavy atom. The summed E-state index contributed by atoms with van der Waals surface area (Å²) < 4.78 is 0. The Balaban J connectivity index is 3.49. The third kappa shape index (κ3) is 4.19. The zero-order chi connectivity index (χ0) is 8.15. The third-order valence-electron chi connectivity index (χ3n) is 1.55. The highest BCUT2D eigenvalue weighted by Crippen LogP contribution is 2.04. The van der Waals surface area contributed by atoms with Gasteiger partial charge in [-0.25, -0.2) is 0 Å². The molecule has 0 bridgehead atoms. The molecule has 1 heteroatoms. The average molecular weight is 139 g/mol. The molecule has 0 aromatic rings. The zero-order valence-corrected chi connectivity index (χ0v) is 7.20. The molecule has 0 aliphatic carbocycles. The van der Waals surface area contributed by atoms with Crippen LogP contribution in [0.15, 0.2) is 24.4 Å². The van der Waals surface area contributed by atoms with Gasteiger partial charge in [0.25, 0.3) is 0 Å². The van der Waals surface area contributed by atoms with Gasteiger partial charge in [-0.1, -0.05) is 25.7 Å². The maximum absolute atomic E-state index is 3.86. The van der Waals surface area contributed by atoms with Crippen molar-refractivity contribution in [3.63, 3.8) is 0 Å². The highest BCUT2D eigenvalue weighted by atomic mass is 14.9. The van der Waals surface area contributed by atoms with Crippen LogP contribution in [0.5, 0.6) is 0 Å². The molecule has 0 rings (SSSR count). The van der Waals surface area contributed by atoms with Crippen LogP contribution in [0.4, 0.5) is 0 Å². The Morgan fingerprint density at radius 3 is 2.20 bits per heavy atom. The second-order valence-corrected chi connectivity index (χ2v) is 2.91. The smallest absolute Gasteiger partial charge is 0.0206 e. The predicted molar refractivity (Wildman–Crippen MR) is 46.8 cm³/mol. The summed E-state index contributed by atoms with van der Waals surface area (Å²) in [6.45, 7) is 14.7. The summed E-state index contributed by atoms with van der Waals surface area (Å²) in [5.74, 6) is 0.539. The van der Waals surface area contributed by atoms with E-state index >= 15 is 0 Å². The van der Waals surface area contributed by atoms with Crippen molar-refractivity contribution < 1.29 is 0 Å². The summed E-state index contributed by atoms with van der Waals surface area (Å²) in [7, 11) is 0. The lowest BCUT2D eigenvalue weighted by Crippen LogP contribution is -2.19. The van der Waals surface area contributed by atoms with Gasteiger partial charge in [0.2, 0.25) is 0 Å². The summed E-state index contributed by atoms with van der Waals surface area (Å²) in [5, 5.41) is 3.17. The van der Waals surface area contributed by atoms with E-state index in [4.69, 9.17) is 0 Å². The Hall–Kier alpha value is -0.720. The molecular weight excluding hydrogens is 122 g/mol. The maximum Gasteiger partial charge on any atom is 0.0206 e. The van der Waals surface area contributed by atoms with Crippen molar-refractivity contribution >= 4 is 0 Å². The second-order valence-electron chi connectivity index (χ2n) is 2.91. The summed E-state index contributed by atoms with van der Waals surface area (Å²) in [6, 6.07) is 0. The van der Waals surface area contributed by atoms with Gasteiger partial charge in [-0.2, -0.15) is 0 Å². The standard InChI is InChI=1S/C9H17N/c1-7(2)9(5)6-10-8(3)4/h9-10H,1,3,6H2,2,4-5H3. The van der Waals surface area contributed by atoms with Crippen LogP contribution in [-0.2, 0) is 0 Å². The average Bonchev–Trinajstić information content (AvgIpc) is 1.82. The van der Waals surface area contributed by atoms with Crippen LogP contribution in [0.25, 0.3) is 0 Å². The molecule has 0 aliphatic heterocycles. The molecule has 0 radical (unpaired) electrons. The minimum Gasteiger partial charge on any atom is -0.388 e. The van der Waals surface area contributed by atoms with E-state index in [1.807, 2.05) is 13.8 Å². The van der Waals surface area contributed by atoms with E-state index in [0.717, 1.165) is 12.2 Å². The molecule has 10 heavy (non-hydrogen) atoms. The van der Waals surface area contributed by atoms with Crippen molar-refractivity contribution in [1.82, 2.24) is 5.32 Å². The molecule has 1 unspecified atom stereocenters. The maximum atomic E-state index is 3.86. The Morgan fingerprint density at radius 1 is 1.40 bits per heavy atom. The lowest BCUT2D eigenvalue weighted by Gasteiger charge is -2.12. The predicted octanol–water partition coefficient (Wildman–Crippen LogP) is 2.32. The van der Waals surface area contributed by atoms with E-state index in [1.165, 1.54) is 5.57 Å². The van der Waals surface area contributed by atoms with E-state index < -0.39 is 0 Å². The number of nitrogens with one attached hydrogen (secondary N) is 1. The van der Waals surface area contributed by atoms with Crippen LogP contribution >= 0.6 is 0 Å². The van der Waals surface area contributed by atoms with Crippen LogP contribution in [0.1, 0.15) is 20.8 Å². The van der Waals surface area contributed by atoms with Crippen molar-refractivity contribution in [1.29, 1.82) is 0 Å². The Bertz CT molecular complexity index is 136. The lowest BCUT2D eigenvalue weighted by atomic mass is 10.1. The fraction of sp³-hybridized carbons (Fsp3) is 0.556. The molecule has 0 amide bonds. The monoisotopic (exact) mass is 139 g/mol. The van der Waals surface area contributed by atoms with Gasteiger partial charge in [-0.3, -0.25) is 0 Å². The highest BCUT2D eigenvalue weighted by molar-refractivity contribution is 4.97. The molecule has 1 atom stereocenters. The van der Waals surface area contributed by atoms with Crippen molar-refractivity contribution in [3.05, 3.63) is 24.4 Å². The van der Waals surface area contributed by atoms with Gasteiger partial charge in [0, 0.05) is 12.2 Å². The van der Waals surface area contributed by atoms with E-state index in [9.17, 15) is 0 Å². The Kier molecular flexibility index (Phi) is 3.85. The van der Waals surface area contributed by atoms with Gasteiger partial charge in [-0.15, -0.1) is 0 Å². The molecule has 0 saturated carbocycles. The summed E-state index contributed by atoms with van der Waals surface area (Å²) in [4.78, 5) is 0. The van der Waals surface area contributed by atoms with Gasteiger partial charge in [-0.05, 0) is 19.8 Å². The van der Waals surface area contributed by atoms with Gasteiger partial charge < -0.3 is 5.32 Å². The van der Waals surface area contributed by atoms with Crippen LogP contribution in [-0.4, -0.2) is 6.54 Å². The van der Waals surface area contributed by atoms with E-state index in [2.05, 4.69) is 25.4 Å². The SMILES string of the molecule is C=C(C)NCC(C)C(=C)C. The van der Waals surface area contributed by atoms with Crippen molar-refractivity contribution in [2.24, 2.45) is 5.92 Å². The molecule has 1 nitrogen and oxygen atoms in total. The van der Waals surface area contributed by atoms with Crippen LogP contribution < -0.4 is 5.32 Å². The fourth-order valence-corrected chi connectivity index (χ4v) is 0.502. The minimum atomic E-state index is 0.539. The summed E-state index contributed by atoms with van der Waals surface area (Å²) >= 11 is 0. The number of hydrogen-bond donors (Lipinski definition) is 1. The topological polar surface area (TPSA) is 12.0 Å². The molecule has 0 saturated heterocycles. The van der Waals surface area contributed by atoms with Gasteiger partial charge >= 0.3 is 0 Å². The summed E-state index contributed by atoms with van der Waals surface area (Å²) in [5.41, 5.74) is 2.24. The Labute approximate surface area is 63.8 Å².